The average molecular weight is 221 g/mol. The number of aromatic hydroxyl groups is 1. The second-order valence-electron chi connectivity index (χ2n) is 4.12. The van der Waals surface area contributed by atoms with E-state index in [9.17, 15) is 9.90 Å². The van der Waals surface area contributed by atoms with E-state index in [0.717, 1.165) is 12.1 Å². The van der Waals surface area contributed by atoms with E-state index < -0.39 is 0 Å². The van der Waals surface area contributed by atoms with Gasteiger partial charge in [-0.05, 0) is 38.5 Å². The van der Waals surface area contributed by atoms with Crippen LogP contribution in [-0.4, -0.2) is 28.5 Å². The van der Waals surface area contributed by atoms with Gasteiger partial charge in [0.05, 0.1) is 6.42 Å². The van der Waals surface area contributed by atoms with Crippen molar-refractivity contribution in [1.82, 2.24) is 4.90 Å². The Morgan fingerprint density at radius 3 is 2.62 bits per heavy atom. The SMILES string of the molecule is CCN(C(=O)Cc1cccc(O)c1)C(C)C. The van der Waals surface area contributed by atoms with Gasteiger partial charge in [-0.15, -0.1) is 0 Å². The first-order valence-electron chi connectivity index (χ1n) is 5.62. The third kappa shape index (κ3) is 3.26. The number of rotatable bonds is 4. The molecule has 0 bridgehead atoms. The molecule has 88 valence electrons. The first-order chi connectivity index (χ1) is 7.54. The van der Waals surface area contributed by atoms with Gasteiger partial charge in [0.15, 0.2) is 0 Å². The molecular formula is C13H19NO2. The molecule has 3 heteroatoms. The van der Waals surface area contributed by atoms with Gasteiger partial charge in [-0.1, -0.05) is 12.1 Å². The fraction of sp³-hybridized carbons (Fsp3) is 0.462. The molecule has 0 aliphatic heterocycles. The van der Waals surface area contributed by atoms with Gasteiger partial charge in [-0.3, -0.25) is 4.79 Å². The lowest BCUT2D eigenvalue weighted by atomic mass is 10.1. The highest BCUT2D eigenvalue weighted by Crippen LogP contribution is 2.12. The van der Waals surface area contributed by atoms with Crippen LogP contribution in [0, 0.1) is 0 Å². The Labute approximate surface area is 96.7 Å². The van der Waals surface area contributed by atoms with Crippen molar-refractivity contribution in [3.8, 4) is 5.75 Å². The molecule has 1 aromatic rings. The molecular weight excluding hydrogens is 202 g/mol. The van der Waals surface area contributed by atoms with Gasteiger partial charge in [0.1, 0.15) is 5.75 Å². The van der Waals surface area contributed by atoms with Crippen LogP contribution in [0.2, 0.25) is 0 Å². The van der Waals surface area contributed by atoms with Crippen LogP contribution >= 0.6 is 0 Å². The van der Waals surface area contributed by atoms with Crippen LogP contribution < -0.4 is 0 Å². The minimum Gasteiger partial charge on any atom is -0.508 e. The first-order valence-corrected chi connectivity index (χ1v) is 5.62. The van der Waals surface area contributed by atoms with E-state index in [0.29, 0.717) is 6.42 Å². The lowest BCUT2D eigenvalue weighted by Crippen LogP contribution is -2.37. The summed E-state index contributed by atoms with van der Waals surface area (Å²) in [5.41, 5.74) is 0.851. The third-order valence-corrected chi connectivity index (χ3v) is 2.55. The van der Waals surface area contributed by atoms with Crippen molar-refractivity contribution < 1.29 is 9.90 Å². The minimum atomic E-state index is 0.100. The Balaban J connectivity index is 2.70. The molecule has 0 atom stereocenters. The number of nitrogens with zero attached hydrogens (tertiary/aromatic N) is 1. The number of carbonyl (C=O) groups excluding carboxylic acids is 1. The summed E-state index contributed by atoms with van der Waals surface area (Å²) in [4.78, 5) is 13.8. The quantitative estimate of drug-likeness (QED) is 0.846. The van der Waals surface area contributed by atoms with Crippen molar-refractivity contribution in [2.75, 3.05) is 6.54 Å². The van der Waals surface area contributed by atoms with E-state index in [2.05, 4.69) is 0 Å². The number of hydrogen-bond acceptors (Lipinski definition) is 2. The molecule has 0 unspecified atom stereocenters. The Bertz CT molecular complexity index is 361. The van der Waals surface area contributed by atoms with Gasteiger partial charge in [0.2, 0.25) is 5.91 Å². The fourth-order valence-electron chi connectivity index (χ4n) is 1.77. The first kappa shape index (κ1) is 12.6. The van der Waals surface area contributed by atoms with Crippen LogP contribution in [0.1, 0.15) is 26.3 Å². The molecule has 1 rings (SSSR count). The van der Waals surface area contributed by atoms with E-state index in [-0.39, 0.29) is 17.7 Å². The fourth-order valence-corrected chi connectivity index (χ4v) is 1.77. The van der Waals surface area contributed by atoms with Crippen molar-refractivity contribution in [2.45, 2.75) is 33.2 Å². The van der Waals surface area contributed by atoms with Gasteiger partial charge in [-0.25, -0.2) is 0 Å². The highest BCUT2D eigenvalue weighted by molar-refractivity contribution is 5.79. The maximum atomic E-state index is 11.9. The van der Waals surface area contributed by atoms with Crippen LogP contribution in [0.15, 0.2) is 24.3 Å². The van der Waals surface area contributed by atoms with Crippen molar-refractivity contribution in [2.24, 2.45) is 0 Å². The van der Waals surface area contributed by atoms with Crippen LogP contribution in [0.4, 0.5) is 0 Å². The maximum absolute atomic E-state index is 11.9. The Hall–Kier alpha value is -1.51. The number of amides is 1. The number of benzene rings is 1. The van der Waals surface area contributed by atoms with Crippen LogP contribution in [0.25, 0.3) is 0 Å². The van der Waals surface area contributed by atoms with E-state index in [1.165, 1.54) is 0 Å². The number of phenolic OH excluding ortho intramolecular Hbond substituents is 1. The molecule has 1 amide bonds. The predicted molar refractivity (Wildman–Crippen MR) is 64.3 cm³/mol. The zero-order valence-electron chi connectivity index (χ0n) is 10.1. The highest BCUT2D eigenvalue weighted by Gasteiger charge is 2.15. The molecule has 0 radical (unpaired) electrons. The summed E-state index contributed by atoms with van der Waals surface area (Å²) in [5.74, 6) is 0.306. The Morgan fingerprint density at radius 1 is 1.44 bits per heavy atom. The zero-order valence-corrected chi connectivity index (χ0v) is 10.1. The summed E-state index contributed by atoms with van der Waals surface area (Å²) in [7, 11) is 0. The average Bonchev–Trinajstić information content (AvgIpc) is 2.17. The number of phenols is 1. The predicted octanol–water partition coefficient (Wildman–Crippen LogP) is 2.19. The topological polar surface area (TPSA) is 40.5 Å². The van der Waals surface area contributed by atoms with Crippen molar-refractivity contribution in [3.05, 3.63) is 29.8 Å². The molecule has 0 aromatic heterocycles. The van der Waals surface area contributed by atoms with Crippen LogP contribution in [0.5, 0.6) is 5.75 Å². The third-order valence-electron chi connectivity index (χ3n) is 2.55. The number of likely N-dealkylation sites (N-methyl/N-ethyl adjacent to an activating group) is 1. The monoisotopic (exact) mass is 221 g/mol. The summed E-state index contributed by atoms with van der Waals surface area (Å²) >= 11 is 0. The summed E-state index contributed by atoms with van der Waals surface area (Å²) in [6.07, 6.45) is 0.348. The Morgan fingerprint density at radius 2 is 2.12 bits per heavy atom. The van der Waals surface area contributed by atoms with E-state index in [1.54, 1.807) is 18.2 Å². The van der Waals surface area contributed by atoms with Crippen molar-refractivity contribution in [3.63, 3.8) is 0 Å². The Kier molecular flexibility index (Phi) is 4.35. The van der Waals surface area contributed by atoms with Gasteiger partial charge in [0.25, 0.3) is 0 Å². The van der Waals surface area contributed by atoms with E-state index in [4.69, 9.17) is 0 Å². The number of hydrogen-bond donors (Lipinski definition) is 1. The van der Waals surface area contributed by atoms with Gasteiger partial charge in [-0.2, -0.15) is 0 Å². The second-order valence-corrected chi connectivity index (χ2v) is 4.12. The van der Waals surface area contributed by atoms with Crippen molar-refractivity contribution in [1.29, 1.82) is 0 Å². The molecule has 0 aliphatic rings. The highest BCUT2D eigenvalue weighted by atomic mass is 16.3. The summed E-state index contributed by atoms with van der Waals surface area (Å²) in [5, 5.41) is 9.31. The summed E-state index contributed by atoms with van der Waals surface area (Å²) in [6.45, 7) is 6.70. The molecule has 0 saturated heterocycles. The normalized spacial score (nSPS) is 10.5. The molecule has 16 heavy (non-hydrogen) atoms. The molecule has 0 aliphatic carbocycles. The lowest BCUT2D eigenvalue weighted by Gasteiger charge is -2.25. The summed E-state index contributed by atoms with van der Waals surface area (Å²) in [6, 6.07) is 7.06. The number of carbonyl (C=O) groups is 1. The lowest BCUT2D eigenvalue weighted by molar-refractivity contribution is -0.131. The molecule has 0 heterocycles. The minimum absolute atomic E-state index is 0.100. The molecule has 3 nitrogen and oxygen atoms in total. The molecule has 0 saturated carbocycles. The molecule has 0 spiro atoms. The summed E-state index contributed by atoms with van der Waals surface area (Å²) < 4.78 is 0. The molecule has 1 N–H and O–H groups in total. The maximum Gasteiger partial charge on any atom is 0.227 e. The smallest absolute Gasteiger partial charge is 0.227 e. The van der Waals surface area contributed by atoms with E-state index in [1.807, 2.05) is 31.7 Å². The zero-order chi connectivity index (χ0) is 12.1. The van der Waals surface area contributed by atoms with Gasteiger partial charge < -0.3 is 10.0 Å². The van der Waals surface area contributed by atoms with Gasteiger partial charge in [0, 0.05) is 12.6 Å². The molecule has 0 fully saturated rings. The van der Waals surface area contributed by atoms with Crippen molar-refractivity contribution >= 4 is 5.91 Å². The van der Waals surface area contributed by atoms with E-state index >= 15 is 0 Å². The van der Waals surface area contributed by atoms with Crippen LogP contribution in [0.3, 0.4) is 0 Å². The standard InChI is InChI=1S/C13H19NO2/c1-4-14(10(2)3)13(16)9-11-6-5-7-12(15)8-11/h5-8,10,15H,4,9H2,1-3H3. The molecule has 1 aromatic carbocycles. The largest absolute Gasteiger partial charge is 0.508 e. The van der Waals surface area contributed by atoms with Crippen LogP contribution in [-0.2, 0) is 11.2 Å². The second kappa shape index (κ2) is 5.54. The van der Waals surface area contributed by atoms with Gasteiger partial charge >= 0.3 is 0 Å².